The van der Waals surface area contributed by atoms with Crippen molar-refractivity contribution in [2.24, 2.45) is 0 Å². The molecule has 1 saturated heterocycles. The second-order valence-corrected chi connectivity index (χ2v) is 15.0. The van der Waals surface area contributed by atoms with E-state index >= 15 is 0 Å². The van der Waals surface area contributed by atoms with E-state index in [9.17, 15) is 25.2 Å². The van der Waals surface area contributed by atoms with E-state index in [1.807, 2.05) is 18.2 Å². The average Bonchev–Trinajstić information content (AvgIpc) is 3.17. The van der Waals surface area contributed by atoms with E-state index in [2.05, 4.69) is 19.2 Å². The van der Waals surface area contributed by atoms with E-state index in [4.69, 9.17) is 18.9 Å². The van der Waals surface area contributed by atoms with Crippen molar-refractivity contribution < 1.29 is 44.2 Å². The fourth-order valence-electron chi connectivity index (χ4n) is 6.71. The van der Waals surface area contributed by atoms with Gasteiger partial charge in [-0.15, -0.1) is 0 Å². The second kappa shape index (κ2) is 31.3. The zero-order chi connectivity index (χ0) is 38.4. The van der Waals surface area contributed by atoms with Crippen LogP contribution >= 0.6 is 0 Å². The molecule has 0 radical (unpaired) electrons. The summed E-state index contributed by atoms with van der Waals surface area (Å²) in [6.45, 7) is 6.12. The summed E-state index contributed by atoms with van der Waals surface area (Å²) in [6.07, 6.45) is 22.3. The molecule has 0 spiro atoms. The van der Waals surface area contributed by atoms with Crippen LogP contribution in [-0.4, -0.2) is 90.0 Å². The van der Waals surface area contributed by atoms with Crippen molar-refractivity contribution >= 4 is 5.91 Å². The van der Waals surface area contributed by atoms with Crippen LogP contribution in [0.1, 0.15) is 178 Å². The molecule has 10 heteroatoms. The van der Waals surface area contributed by atoms with E-state index in [1.165, 1.54) is 103 Å². The molecule has 1 heterocycles. The molecule has 1 amide bonds. The van der Waals surface area contributed by atoms with Gasteiger partial charge >= 0.3 is 0 Å². The van der Waals surface area contributed by atoms with Crippen LogP contribution in [0.15, 0.2) is 18.2 Å². The van der Waals surface area contributed by atoms with E-state index in [-0.39, 0.29) is 5.91 Å². The number of benzene rings is 1. The maximum absolute atomic E-state index is 13.0. The topological polar surface area (TPSA) is 147 Å². The first-order valence-corrected chi connectivity index (χ1v) is 21.5. The lowest BCUT2D eigenvalue weighted by molar-refractivity contribution is -0.301. The lowest BCUT2D eigenvalue weighted by Gasteiger charge is -2.39. The molecule has 0 unspecified atom stereocenters. The van der Waals surface area contributed by atoms with Crippen molar-refractivity contribution in [2.45, 2.75) is 199 Å². The van der Waals surface area contributed by atoms with E-state index in [0.29, 0.717) is 49.8 Å². The van der Waals surface area contributed by atoms with Crippen LogP contribution in [-0.2, 0) is 9.47 Å². The van der Waals surface area contributed by atoms with Crippen molar-refractivity contribution in [3.8, 4) is 11.5 Å². The Morgan fingerprint density at radius 2 is 1.08 bits per heavy atom. The Labute approximate surface area is 321 Å². The quantitative estimate of drug-likeness (QED) is 0.0438. The van der Waals surface area contributed by atoms with Gasteiger partial charge in [0.25, 0.3) is 5.91 Å². The third kappa shape index (κ3) is 21.1. The zero-order valence-corrected chi connectivity index (χ0v) is 33.5. The number of hydrogen-bond donors (Lipinski definition) is 5. The van der Waals surface area contributed by atoms with Gasteiger partial charge in [0.1, 0.15) is 24.4 Å². The van der Waals surface area contributed by atoms with Crippen LogP contribution in [0.4, 0.5) is 0 Å². The number of rotatable bonds is 34. The van der Waals surface area contributed by atoms with Gasteiger partial charge in [-0.25, -0.2) is 0 Å². The minimum Gasteiger partial charge on any atom is -0.490 e. The van der Waals surface area contributed by atoms with E-state index in [1.54, 1.807) is 0 Å². The molecule has 53 heavy (non-hydrogen) atoms. The van der Waals surface area contributed by atoms with Gasteiger partial charge < -0.3 is 44.7 Å². The number of hydrogen-bond acceptors (Lipinski definition) is 9. The minimum absolute atomic E-state index is 0.138. The summed E-state index contributed by atoms with van der Waals surface area (Å²) in [5.41, 5.74) is 0.558. The Morgan fingerprint density at radius 3 is 1.60 bits per heavy atom. The predicted octanol–water partition coefficient (Wildman–Crippen LogP) is 8.39. The van der Waals surface area contributed by atoms with Gasteiger partial charge in [-0.3, -0.25) is 4.79 Å². The molecular weight excluding hydrogens is 674 g/mol. The summed E-state index contributed by atoms with van der Waals surface area (Å²) in [5, 5.41) is 42.2. The Morgan fingerprint density at radius 1 is 0.604 bits per heavy atom. The molecule has 10 nitrogen and oxygen atoms in total. The van der Waals surface area contributed by atoms with Crippen molar-refractivity contribution in [3.63, 3.8) is 0 Å². The normalized spacial score (nSPS) is 20.1. The Hall–Kier alpha value is -1.95. The fraction of sp³-hybridized carbons (Fsp3) is 0.837. The van der Waals surface area contributed by atoms with Crippen molar-refractivity contribution in [1.82, 2.24) is 5.32 Å². The molecule has 5 N–H and O–H groups in total. The van der Waals surface area contributed by atoms with Gasteiger partial charge in [0, 0.05) is 18.7 Å². The summed E-state index contributed by atoms with van der Waals surface area (Å²) in [7, 11) is 0. The molecule has 1 aliphatic rings. The van der Waals surface area contributed by atoms with Gasteiger partial charge in [-0.2, -0.15) is 0 Å². The fourth-order valence-corrected chi connectivity index (χ4v) is 6.71. The summed E-state index contributed by atoms with van der Waals surface area (Å²) in [6, 6.07) is 5.50. The number of carbonyl (C=O) groups excluding carboxylic acids is 1. The molecule has 1 aromatic carbocycles. The molecule has 0 aromatic heterocycles. The highest BCUT2D eigenvalue weighted by atomic mass is 16.7. The molecule has 2 rings (SSSR count). The number of aliphatic hydroxyl groups excluding tert-OH is 4. The Kier molecular flexibility index (Phi) is 27.9. The van der Waals surface area contributed by atoms with Crippen LogP contribution in [0.3, 0.4) is 0 Å². The number of aliphatic hydroxyl groups is 4. The summed E-state index contributed by atoms with van der Waals surface area (Å²) in [5.74, 6) is 1.21. The summed E-state index contributed by atoms with van der Waals surface area (Å²) >= 11 is 0. The SMILES string of the molecule is CCCCCCCCCCCCOc1ccc(C(=O)NCCCCCCO[C@H]2O[C@H](CO)[C@@H](O)[C@H](O)[C@@H]2O)cc1OCCCCCCCCCCCC. The number of nitrogens with one attached hydrogen (secondary N) is 1. The van der Waals surface area contributed by atoms with Gasteiger partial charge in [-0.05, 0) is 43.9 Å². The van der Waals surface area contributed by atoms with Crippen LogP contribution in [0.2, 0.25) is 0 Å². The van der Waals surface area contributed by atoms with Crippen molar-refractivity contribution in [1.29, 1.82) is 0 Å². The monoisotopic (exact) mass is 752 g/mol. The number of carbonyl (C=O) groups is 1. The summed E-state index contributed by atoms with van der Waals surface area (Å²) in [4.78, 5) is 13.0. The third-order valence-electron chi connectivity index (χ3n) is 10.2. The molecule has 1 aliphatic heterocycles. The molecule has 5 atom stereocenters. The van der Waals surface area contributed by atoms with Crippen LogP contribution in [0, 0.1) is 0 Å². The van der Waals surface area contributed by atoms with E-state index in [0.717, 1.165) is 44.9 Å². The molecule has 0 bridgehead atoms. The van der Waals surface area contributed by atoms with Gasteiger partial charge in [0.15, 0.2) is 17.8 Å². The Bertz CT molecular complexity index is 1030. The van der Waals surface area contributed by atoms with E-state index < -0.39 is 37.3 Å². The molecule has 0 aliphatic carbocycles. The molecule has 1 fully saturated rings. The molecule has 0 saturated carbocycles. The molecule has 1 aromatic rings. The van der Waals surface area contributed by atoms with Crippen LogP contribution in [0.5, 0.6) is 11.5 Å². The minimum atomic E-state index is -1.44. The van der Waals surface area contributed by atoms with Gasteiger partial charge in [-0.1, -0.05) is 142 Å². The first-order valence-electron chi connectivity index (χ1n) is 21.5. The van der Waals surface area contributed by atoms with Crippen molar-refractivity contribution in [3.05, 3.63) is 23.8 Å². The number of amides is 1. The standard InChI is InChI=1S/C43H77NO9/c1-3-5-7-9-11-13-15-17-20-24-30-50-36-28-27-35(33-37(36)51-31-25-21-18-16-14-12-10-8-6-4-2)42(49)44-29-23-19-22-26-32-52-43-41(48)40(47)39(46)38(34-45)53-43/h27-28,33,38-41,43,45-48H,3-26,29-32,34H2,1-2H3,(H,44,49)/t38-,39-,40+,41+,43+/m1/s1. The predicted molar refractivity (Wildman–Crippen MR) is 212 cm³/mol. The maximum Gasteiger partial charge on any atom is 0.251 e. The highest BCUT2D eigenvalue weighted by Gasteiger charge is 2.43. The highest BCUT2D eigenvalue weighted by molar-refractivity contribution is 5.94. The lowest BCUT2D eigenvalue weighted by Crippen LogP contribution is -2.59. The molecular formula is C43H77NO9. The Balaban J connectivity index is 1.71. The summed E-state index contributed by atoms with van der Waals surface area (Å²) < 4.78 is 23.3. The number of ether oxygens (including phenoxy) is 4. The van der Waals surface area contributed by atoms with Gasteiger partial charge in [0.05, 0.1) is 19.8 Å². The first-order chi connectivity index (χ1) is 25.9. The molecule has 308 valence electrons. The maximum atomic E-state index is 13.0. The largest absolute Gasteiger partial charge is 0.490 e. The number of unbranched alkanes of at least 4 members (excludes halogenated alkanes) is 21. The average molecular weight is 752 g/mol. The van der Waals surface area contributed by atoms with Gasteiger partial charge in [0.2, 0.25) is 0 Å². The third-order valence-corrected chi connectivity index (χ3v) is 10.2. The van der Waals surface area contributed by atoms with Crippen molar-refractivity contribution in [2.75, 3.05) is 33.0 Å². The van der Waals surface area contributed by atoms with Crippen LogP contribution in [0.25, 0.3) is 0 Å². The second-order valence-electron chi connectivity index (χ2n) is 15.0. The smallest absolute Gasteiger partial charge is 0.251 e. The zero-order valence-electron chi connectivity index (χ0n) is 33.5. The highest BCUT2D eigenvalue weighted by Crippen LogP contribution is 2.29. The first kappa shape index (κ1) is 47.2. The van der Waals surface area contributed by atoms with Crippen LogP contribution < -0.4 is 14.8 Å². The lowest BCUT2D eigenvalue weighted by atomic mass is 9.99.